The maximum Gasteiger partial charge on any atom is 0.0630 e. The number of hydrogen-bond acceptors (Lipinski definition) is 2. The Morgan fingerprint density at radius 2 is 2.17 bits per heavy atom. The molecule has 1 nitrogen and oxygen atoms in total. The van der Waals surface area contributed by atoms with E-state index in [0.717, 1.165) is 0 Å². The Bertz CT molecular complexity index is 46.0. The lowest BCUT2D eigenvalue weighted by Crippen LogP contribution is -1.61. The second-order valence-electron chi connectivity index (χ2n) is 0.632. The minimum atomic E-state index is 0. The van der Waals surface area contributed by atoms with Gasteiger partial charge in [0, 0.05) is 12.2 Å². The van der Waals surface area contributed by atoms with Gasteiger partial charge in [0.25, 0.3) is 0 Å². The van der Waals surface area contributed by atoms with Gasteiger partial charge < -0.3 is 0 Å². The normalized spacial score (nSPS) is 5.33. The van der Waals surface area contributed by atoms with Crippen molar-refractivity contribution < 1.29 is 0 Å². The predicted octanol–water partition coefficient (Wildman–Crippen LogP) is 1.47. The SMILES string of the molecule is C.N#CCCS. The molecule has 0 rings (SSSR count). The van der Waals surface area contributed by atoms with E-state index in [4.69, 9.17) is 5.26 Å². The molecule has 0 heterocycles. The molecule has 0 radical (unpaired) electrons. The summed E-state index contributed by atoms with van der Waals surface area (Å²) in [5, 5.41) is 7.77. The molecule has 0 fully saturated rings. The molecule has 0 aromatic carbocycles. The van der Waals surface area contributed by atoms with E-state index in [-0.39, 0.29) is 7.43 Å². The minimum Gasteiger partial charge on any atom is -0.198 e. The highest BCUT2D eigenvalue weighted by Gasteiger charge is 1.66. The van der Waals surface area contributed by atoms with E-state index in [1.807, 2.05) is 6.07 Å². The monoisotopic (exact) mass is 103 g/mol. The maximum absolute atomic E-state index is 7.77. The molecule has 0 aliphatic rings. The fourth-order valence-electron chi connectivity index (χ4n) is 0.0500. The van der Waals surface area contributed by atoms with Gasteiger partial charge in [-0.25, -0.2) is 0 Å². The van der Waals surface area contributed by atoms with Crippen LogP contribution in [0.1, 0.15) is 13.8 Å². The van der Waals surface area contributed by atoms with Crippen LogP contribution < -0.4 is 0 Å². The summed E-state index contributed by atoms with van der Waals surface area (Å²) in [7, 11) is 0. The van der Waals surface area contributed by atoms with E-state index >= 15 is 0 Å². The first kappa shape index (κ1) is 9.28. The molecule has 0 amide bonds. The van der Waals surface area contributed by atoms with E-state index in [9.17, 15) is 0 Å². The van der Waals surface area contributed by atoms with Crippen LogP contribution in [0.5, 0.6) is 0 Å². The van der Waals surface area contributed by atoms with E-state index in [1.54, 1.807) is 0 Å². The molecule has 0 saturated carbocycles. The van der Waals surface area contributed by atoms with Crippen molar-refractivity contribution in [2.75, 3.05) is 5.75 Å². The zero-order valence-corrected chi connectivity index (χ0v) is 3.70. The van der Waals surface area contributed by atoms with Gasteiger partial charge in [-0.1, -0.05) is 7.43 Å². The number of nitrogens with zero attached hydrogens (tertiary/aromatic N) is 1. The number of thiol groups is 1. The Labute approximate surface area is 44.4 Å². The van der Waals surface area contributed by atoms with Gasteiger partial charge >= 0.3 is 0 Å². The molecule has 0 aromatic rings. The summed E-state index contributed by atoms with van der Waals surface area (Å²) >= 11 is 3.78. The Morgan fingerprint density at radius 1 is 1.67 bits per heavy atom. The number of hydrogen-bond donors (Lipinski definition) is 1. The first-order chi connectivity index (χ1) is 2.41. The van der Waals surface area contributed by atoms with Crippen LogP contribution in [0.25, 0.3) is 0 Å². The van der Waals surface area contributed by atoms with Crippen LogP contribution in [-0.2, 0) is 0 Å². The third kappa shape index (κ3) is 9.15. The molecular weight excluding hydrogens is 94.1 g/mol. The molecule has 0 unspecified atom stereocenters. The topological polar surface area (TPSA) is 23.8 Å². The molecule has 0 N–H and O–H groups in total. The third-order valence-electron chi connectivity index (χ3n) is 0.224. The van der Waals surface area contributed by atoms with Gasteiger partial charge in [-0.05, 0) is 0 Å². The quantitative estimate of drug-likeness (QED) is 0.499. The summed E-state index contributed by atoms with van der Waals surface area (Å²) in [6.07, 6.45) is 0.559. The van der Waals surface area contributed by atoms with Gasteiger partial charge in [0.1, 0.15) is 0 Å². The molecule has 0 aliphatic heterocycles. The van der Waals surface area contributed by atoms with Gasteiger partial charge in [-0.3, -0.25) is 0 Å². The Balaban J connectivity index is 0. The lowest BCUT2D eigenvalue weighted by atomic mass is 10.6. The van der Waals surface area contributed by atoms with Crippen molar-refractivity contribution in [3.8, 4) is 6.07 Å². The lowest BCUT2D eigenvalue weighted by molar-refractivity contribution is 1.25. The van der Waals surface area contributed by atoms with Crippen LogP contribution in [0.15, 0.2) is 0 Å². The zero-order chi connectivity index (χ0) is 4.12. The molecule has 0 saturated heterocycles. The number of rotatable bonds is 1. The van der Waals surface area contributed by atoms with Crippen LogP contribution in [0.4, 0.5) is 0 Å². The predicted molar refractivity (Wildman–Crippen MR) is 30.8 cm³/mol. The molecule has 0 aliphatic carbocycles. The molecule has 0 aromatic heterocycles. The van der Waals surface area contributed by atoms with Crippen molar-refractivity contribution in [2.24, 2.45) is 0 Å². The molecule has 0 bridgehead atoms. The van der Waals surface area contributed by atoms with Crippen molar-refractivity contribution in [1.82, 2.24) is 0 Å². The molecule has 2 heteroatoms. The van der Waals surface area contributed by atoms with E-state index in [0.29, 0.717) is 12.2 Å². The van der Waals surface area contributed by atoms with Crippen molar-refractivity contribution in [3.05, 3.63) is 0 Å². The van der Waals surface area contributed by atoms with Crippen LogP contribution in [0, 0.1) is 11.3 Å². The summed E-state index contributed by atoms with van der Waals surface area (Å²) in [5.74, 6) is 0.677. The minimum absolute atomic E-state index is 0. The largest absolute Gasteiger partial charge is 0.198 e. The fraction of sp³-hybridized carbons (Fsp3) is 0.750. The summed E-state index contributed by atoms with van der Waals surface area (Å²) in [6, 6.07) is 1.94. The maximum atomic E-state index is 7.77. The summed E-state index contributed by atoms with van der Waals surface area (Å²) < 4.78 is 0. The second kappa shape index (κ2) is 8.85. The van der Waals surface area contributed by atoms with Crippen molar-refractivity contribution >= 4 is 12.6 Å². The highest BCUT2D eigenvalue weighted by Crippen LogP contribution is 1.75. The summed E-state index contributed by atoms with van der Waals surface area (Å²) in [4.78, 5) is 0. The highest BCUT2D eigenvalue weighted by atomic mass is 32.1. The van der Waals surface area contributed by atoms with Crippen molar-refractivity contribution in [3.63, 3.8) is 0 Å². The standard InChI is InChI=1S/C3H5NS.CH4/c4-2-1-3-5;/h5H,1,3H2;1H4. The van der Waals surface area contributed by atoms with Crippen molar-refractivity contribution in [2.45, 2.75) is 13.8 Å². The third-order valence-corrected chi connectivity index (χ3v) is 0.447. The summed E-state index contributed by atoms with van der Waals surface area (Å²) in [5.41, 5.74) is 0. The first-order valence-corrected chi connectivity index (χ1v) is 2.03. The smallest absolute Gasteiger partial charge is 0.0630 e. The first-order valence-electron chi connectivity index (χ1n) is 1.39. The van der Waals surface area contributed by atoms with Crippen molar-refractivity contribution in [1.29, 1.82) is 5.26 Å². The van der Waals surface area contributed by atoms with Gasteiger partial charge in [-0.2, -0.15) is 17.9 Å². The van der Waals surface area contributed by atoms with Crippen LogP contribution in [0.3, 0.4) is 0 Å². The number of nitriles is 1. The lowest BCUT2D eigenvalue weighted by Gasteiger charge is -1.65. The van der Waals surface area contributed by atoms with E-state index < -0.39 is 0 Å². The van der Waals surface area contributed by atoms with Gasteiger partial charge in [0.2, 0.25) is 0 Å². The van der Waals surface area contributed by atoms with Gasteiger partial charge in [0.05, 0.1) is 6.07 Å². The molecule has 0 atom stereocenters. The average molecular weight is 103 g/mol. The molecule has 36 valence electrons. The zero-order valence-electron chi connectivity index (χ0n) is 2.81. The van der Waals surface area contributed by atoms with Crippen LogP contribution >= 0.6 is 12.6 Å². The Kier molecular flexibility index (Phi) is 13.7. The van der Waals surface area contributed by atoms with Gasteiger partial charge in [0.15, 0.2) is 0 Å². The second-order valence-corrected chi connectivity index (χ2v) is 1.08. The van der Waals surface area contributed by atoms with E-state index in [2.05, 4.69) is 12.6 Å². The highest BCUT2D eigenvalue weighted by molar-refractivity contribution is 7.80. The Morgan fingerprint density at radius 3 is 2.17 bits per heavy atom. The Hall–Kier alpha value is -0.160. The summed E-state index contributed by atoms with van der Waals surface area (Å²) in [6.45, 7) is 0. The van der Waals surface area contributed by atoms with Gasteiger partial charge in [-0.15, -0.1) is 0 Å². The van der Waals surface area contributed by atoms with Crippen LogP contribution in [0.2, 0.25) is 0 Å². The average Bonchev–Trinajstić information content (AvgIpc) is 1.41. The molecule has 6 heavy (non-hydrogen) atoms. The molecular formula is C4H9NS. The van der Waals surface area contributed by atoms with E-state index in [1.165, 1.54) is 0 Å². The fourth-order valence-corrected chi connectivity index (χ4v) is 0.150. The molecule has 0 spiro atoms. The van der Waals surface area contributed by atoms with Crippen LogP contribution in [-0.4, -0.2) is 5.75 Å².